The van der Waals surface area contributed by atoms with Crippen molar-refractivity contribution >= 4 is 17.2 Å². The number of nitrogens with two attached hydrogens (primary N) is 1. The molecule has 1 aliphatic heterocycles. The first-order valence-corrected chi connectivity index (χ1v) is 8.00. The SMILES string of the molecule is Cc1nc(-c2cc(C(=O)N3CC[C@H](N)C[C@H]3C)co2)cs1. The second-order valence-electron chi connectivity index (χ2n) is 5.58. The molecule has 0 spiro atoms. The van der Waals surface area contributed by atoms with Crippen molar-refractivity contribution in [2.75, 3.05) is 6.54 Å². The summed E-state index contributed by atoms with van der Waals surface area (Å²) in [6.07, 6.45) is 3.22. The number of likely N-dealkylation sites (tertiary alicyclic amines) is 1. The van der Waals surface area contributed by atoms with Crippen LogP contribution in [0.3, 0.4) is 0 Å². The molecule has 0 bridgehead atoms. The van der Waals surface area contributed by atoms with Crippen LogP contribution >= 0.6 is 11.3 Å². The predicted molar refractivity (Wildman–Crippen MR) is 82.3 cm³/mol. The normalized spacial score (nSPS) is 22.5. The number of piperidine rings is 1. The highest BCUT2D eigenvalue weighted by Gasteiger charge is 2.28. The third kappa shape index (κ3) is 2.87. The molecule has 3 heterocycles. The van der Waals surface area contributed by atoms with E-state index in [1.54, 1.807) is 17.4 Å². The van der Waals surface area contributed by atoms with Gasteiger partial charge in [-0.25, -0.2) is 4.98 Å². The fourth-order valence-electron chi connectivity index (χ4n) is 2.74. The maximum atomic E-state index is 12.6. The monoisotopic (exact) mass is 305 g/mol. The van der Waals surface area contributed by atoms with Gasteiger partial charge in [-0.15, -0.1) is 11.3 Å². The maximum absolute atomic E-state index is 12.6. The average Bonchev–Trinajstić information content (AvgIpc) is 3.06. The van der Waals surface area contributed by atoms with E-state index in [-0.39, 0.29) is 18.0 Å². The Morgan fingerprint density at radius 3 is 3.05 bits per heavy atom. The van der Waals surface area contributed by atoms with Gasteiger partial charge in [-0.1, -0.05) is 0 Å². The van der Waals surface area contributed by atoms with Crippen LogP contribution in [0, 0.1) is 6.92 Å². The van der Waals surface area contributed by atoms with Crippen molar-refractivity contribution in [1.29, 1.82) is 0 Å². The van der Waals surface area contributed by atoms with Gasteiger partial charge in [0.05, 0.1) is 10.6 Å². The number of hydrogen-bond acceptors (Lipinski definition) is 5. The first-order chi connectivity index (χ1) is 10.0. The van der Waals surface area contributed by atoms with Crippen molar-refractivity contribution < 1.29 is 9.21 Å². The second kappa shape index (κ2) is 5.61. The lowest BCUT2D eigenvalue weighted by molar-refractivity contribution is 0.0618. The zero-order valence-corrected chi connectivity index (χ0v) is 13.0. The molecule has 1 fully saturated rings. The Kier molecular flexibility index (Phi) is 3.82. The number of carbonyl (C=O) groups is 1. The fourth-order valence-corrected chi connectivity index (χ4v) is 3.34. The number of aryl methyl sites for hydroxylation is 1. The van der Waals surface area contributed by atoms with Gasteiger partial charge in [0.2, 0.25) is 0 Å². The summed E-state index contributed by atoms with van der Waals surface area (Å²) < 4.78 is 5.50. The van der Waals surface area contributed by atoms with E-state index >= 15 is 0 Å². The third-order valence-corrected chi connectivity index (χ3v) is 4.67. The lowest BCUT2D eigenvalue weighted by Gasteiger charge is -2.36. The number of rotatable bonds is 2. The molecule has 6 heteroatoms. The van der Waals surface area contributed by atoms with E-state index in [0.717, 1.165) is 23.5 Å². The number of carbonyl (C=O) groups excluding carboxylic acids is 1. The summed E-state index contributed by atoms with van der Waals surface area (Å²) in [6.45, 7) is 4.70. The van der Waals surface area contributed by atoms with E-state index in [1.807, 2.05) is 24.1 Å². The average molecular weight is 305 g/mol. The quantitative estimate of drug-likeness (QED) is 0.926. The molecule has 2 aromatic rings. The Bertz CT molecular complexity index is 649. The molecule has 21 heavy (non-hydrogen) atoms. The van der Waals surface area contributed by atoms with Crippen LogP contribution in [0.15, 0.2) is 22.1 Å². The van der Waals surface area contributed by atoms with Crippen LogP contribution in [-0.2, 0) is 0 Å². The molecular weight excluding hydrogens is 286 g/mol. The summed E-state index contributed by atoms with van der Waals surface area (Å²) in [4.78, 5) is 18.8. The van der Waals surface area contributed by atoms with Crippen molar-refractivity contribution in [1.82, 2.24) is 9.88 Å². The van der Waals surface area contributed by atoms with Gasteiger partial charge in [0, 0.05) is 24.0 Å². The van der Waals surface area contributed by atoms with Crippen molar-refractivity contribution in [2.45, 2.75) is 38.8 Å². The van der Waals surface area contributed by atoms with Crippen molar-refractivity contribution in [2.24, 2.45) is 5.73 Å². The van der Waals surface area contributed by atoms with Crippen LogP contribution in [0.4, 0.5) is 0 Å². The molecule has 0 radical (unpaired) electrons. The summed E-state index contributed by atoms with van der Waals surface area (Å²) in [6, 6.07) is 2.14. The number of aromatic nitrogens is 1. The molecule has 1 aliphatic rings. The molecule has 0 aliphatic carbocycles. The molecule has 0 unspecified atom stereocenters. The van der Waals surface area contributed by atoms with Crippen molar-refractivity contribution in [3.8, 4) is 11.5 Å². The van der Waals surface area contributed by atoms with Gasteiger partial charge in [0.1, 0.15) is 12.0 Å². The number of thiazole rings is 1. The highest BCUT2D eigenvalue weighted by atomic mass is 32.1. The van der Waals surface area contributed by atoms with Gasteiger partial charge in [-0.3, -0.25) is 4.79 Å². The molecule has 0 saturated carbocycles. The first kappa shape index (κ1) is 14.3. The minimum atomic E-state index is 0.0105. The van der Waals surface area contributed by atoms with Crippen molar-refractivity contribution in [3.63, 3.8) is 0 Å². The van der Waals surface area contributed by atoms with E-state index in [2.05, 4.69) is 4.98 Å². The molecule has 5 nitrogen and oxygen atoms in total. The highest BCUT2D eigenvalue weighted by Crippen LogP contribution is 2.26. The molecule has 3 rings (SSSR count). The lowest BCUT2D eigenvalue weighted by atomic mass is 9.98. The number of nitrogens with zero attached hydrogens (tertiary/aromatic N) is 2. The molecule has 1 amide bonds. The third-order valence-electron chi connectivity index (χ3n) is 3.90. The summed E-state index contributed by atoms with van der Waals surface area (Å²) >= 11 is 1.57. The zero-order chi connectivity index (χ0) is 15.0. The van der Waals surface area contributed by atoms with Crippen molar-refractivity contribution in [3.05, 3.63) is 28.3 Å². The van der Waals surface area contributed by atoms with E-state index in [4.69, 9.17) is 10.2 Å². The largest absolute Gasteiger partial charge is 0.462 e. The first-order valence-electron chi connectivity index (χ1n) is 7.12. The minimum absolute atomic E-state index is 0.0105. The van der Waals surface area contributed by atoms with E-state index in [9.17, 15) is 4.79 Å². The zero-order valence-electron chi connectivity index (χ0n) is 12.2. The fraction of sp³-hybridized carbons (Fsp3) is 0.467. The van der Waals surface area contributed by atoms with Crippen LogP contribution in [0.25, 0.3) is 11.5 Å². The molecule has 112 valence electrons. The maximum Gasteiger partial charge on any atom is 0.257 e. The summed E-state index contributed by atoms with van der Waals surface area (Å²) in [5.41, 5.74) is 7.31. The van der Waals surface area contributed by atoms with Gasteiger partial charge in [0.25, 0.3) is 5.91 Å². The van der Waals surface area contributed by atoms with E-state index < -0.39 is 0 Å². The highest BCUT2D eigenvalue weighted by molar-refractivity contribution is 7.09. The molecule has 2 atom stereocenters. The summed E-state index contributed by atoms with van der Waals surface area (Å²) in [7, 11) is 0. The van der Waals surface area contributed by atoms with Gasteiger partial charge in [-0.2, -0.15) is 0 Å². The number of furan rings is 1. The molecule has 2 N–H and O–H groups in total. The number of hydrogen-bond donors (Lipinski definition) is 1. The van der Waals surface area contributed by atoms with Gasteiger partial charge in [-0.05, 0) is 32.8 Å². The van der Waals surface area contributed by atoms with Gasteiger partial charge in [0.15, 0.2) is 5.76 Å². The van der Waals surface area contributed by atoms with E-state index in [1.165, 1.54) is 6.26 Å². The summed E-state index contributed by atoms with van der Waals surface area (Å²) in [5, 5.41) is 2.92. The molecular formula is C15H19N3O2S. The van der Waals surface area contributed by atoms with E-state index in [0.29, 0.717) is 17.9 Å². The Morgan fingerprint density at radius 1 is 1.57 bits per heavy atom. The Balaban J connectivity index is 1.78. The van der Waals surface area contributed by atoms with Gasteiger partial charge >= 0.3 is 0 Å². The van der Waals surface area contributed by atoms with Crippen LogP contribution in [0.1, 0.15) is 35.1 Å². The lowest BCUT2D eigenvalue weighted by Crippen LogP contribution is -2.48. The Hall–Kier alpha value is -1.66. The number of amides is 1. The topological polar surface area (TPSA) is 72.4 Å². The van der Waals surface area contributed by atoms with Gasteiger partial charge < -0.3 is 15.1 Å². The smallest absolute Gasteiger partial charge is 0.257 e. The predicted octanol–water partition coefficient (Wildman–Crippen LogP) is 2.66. The molecule has 2 aromatic heterocycles. The van der Waals surface area contributed by atoms with Crippen LogP contribution in [0.5, 0.6) is 0 Å². The van der Waals surface area contributed by atoms with Crippen LogP contribution in [-0.4, -0.2) is 34.4 Å². The Labute approximate surface area is 127 Å². The Morgan fingerprint density at radius 2 is 2.38 bits per heavy atom. The van der Waals surface area contributed by atoms with Crippen LogP contribution < -0.4 is 5.73 Å². The van der Waals surface area contributed by atoms with Crippen LogP contribution in [0.2, 0.25) is 0 Å². The molecule has 0 aromatic carbocycles. The second-order valence-corrected chi connectivity index (χ2v) is 6.65. The summed E-state index contributed by atoms with van der Waals surface area (Å²) in [5.74, 6) is 0.653. The molecule has 1 saturated heterocycles. The standard InChI is InChI=1S/C15H19N3O2S/c1-9-5-12(16)3-4-18(9)15(19)11-6-14(20-7-11)13-8-21-10(2)17-13/h6-9,12H,3-5,16H2,1-2H3/t9-,12+/m1/s1. The minimum Gasteiger partial charge on any atom is -0.462 e.